The molecule has 2 amide bonds. The summed E-state index contributed by atoms with van der Waals surface area (Å²) in [5.74, 6) is -0.304. The molecule has 7 nitrogen and oxygen atoms in total. The van der Waals surface area contributed by atoms with Crippen LogP contribution in [0.25, 0.3) is 0 Å². The molecule has 11 heteroatoms. The molecule has 0 unspecified atom stereocenters. The van der Waals surface area contributed by atoms with Crippen LogP contribution in [0.3, 0.4) is 0 Å². The normalized spacial score (nSPS) is 11.9. The van der Waals surface area contributed by atoms with Gasteiger partial charge in [-0.25, -0.2) is 9.79 Å². The Morgan fingerprint density at radius 3 is 2.49 bits per heavy atom. The van der Waals surface area contributed by atoms with Crippen molar-refractivity contribution in [3.63, 3.8) is 0 Å². The van der Waals surface area contributed by atoms with Crippen molar-refractivity contribution in [2.45, 2.75) is 39.5 Å². The molecule has 0 aliphatic carbocycles. The number of amides is 2. The SMILES string of the molecule is CCNC(=O)NCCCn1c(COCc2ccccc2)cs/c1=N\c1ccc(OC(F)(F)F)cc1. The molecule has 1 aromatic heterocycles. The van der Waals surface area contributed by atoms with Gasteiger partial charge in [-0.2, -0.15) is 0 Å². The second-order valence-electron chi connectivity index (χ2n) is 7.43. The number of carbonyl (C=O) groups is 1. The predicted octanol–water partition coefficient (Wildman–Crippen LogP) is 5.11. The number of nitrogens with one attached hydrogen (secondary N) is 2. The van der Waals surface area contributed by atoms with Crippen molar-refractivity contribution in [3.05, 3.63) is 76.0 Å². The van der Waals surface area contributed by atoms with E-state index < -0.39 is 6.36 Å². The molecule has 0 aliphatic heterocycles. The minimum absolute atomic E-state index is 0.222. The van der Waals surface area contributed by atoms with Gasteiger partial charge in [0, 0.05) is 25.0 Å². The molecule has 1 heterocycles. The molecule has 0 spiro atoms. The third-order valence-electron chi connectivity index (χ3n) is 4.72. The summed E-state index contributed by atoms with van der Waals surface area (Å²) in [7, 11) is 0. The topological polar surface area (TPSA) is 76.9 Å². The summed E-state index contributed by atoms with van der Waals surface area (Å²) in [5, 5.41) is 7.43. The van der Waals surface area contributed by atoms with E-state index in [9.17, 15) is 18.0 Å². The average molecular weight is 509 g/mol. The van der Waals surface area contributed by atoms with Gasteiger partial charge in [0.25, 0.3) is 0 Å². The molecular weight excluding hydrogens is 481 g/mol. The highest BCUT2D eigenvalue weighted by Crippen LogP contribution is 2.24. The molecule has 188 valence electrons. The lowest BCUT2D eigenvalue weighted by Gasteiger charge is -2.11. The maximum absolute atomic E-state index is 12.4. The first-order valence-electron chi connectivity index (χ1n) is 11.0. The Kier molecular flexibility index (Phi) is 9.74. The first kappa shape index (κ1) is 26.3. The lowest BCUT2D eigenvalue weighted by molar-refractivity contribution is -0.274. The third kappa shape index (κ3) is 9.10. The highest BCUT2D eigenvalue weighted by molar-refractivity contribution is 7.07. The zero-order valence-electron chi connectivity index (χ0n) is 19.2. The van der Waals surface area contributed by atoms with Gasteiger partial charge in [-0.3, -0.25) is 0 Å². The predicted molar refractivity (Wildman–Crippen MR) is 127 cm³/mol. The Morgan fingerprint density at radius 1 is 1.06 bits per heavy atom. The maximum Gasteiger partial charge on any atom is 0.573 e. The number of aromatic nitrogens is 1. The van der Waals surface area contributed by atoms with Crippen LogP contribution in [0.15, 0.2) is 65.0 Å². The Hall–Kier alpha value is -3.31. The van der Waals surface area contributed by atoms with Gasteiger partial charge in [0.15, 0.2) is 4.80 Å². The third-order valence-corrected chi connectivity index (χ3v) is 5.63. The van der Waals surface area contributed by atoms with Crippen molar-refractivity contribution < 1.29 is 27.4 Å². The lowest BCUT2D eigenvalue weighted by Crippen LogP contribution is -2.36. The summed E-state index contributed by atoms with van der Waals surface area (Å²) in [6.07, 6.45) is -4.09. The lowest BCUT2D eigenvalue weighted by atomic mass is 10.2. The van der Waals surface area contributed by atoms with Crippen molar-refractivity contribution in [1.29, 1.82) is 0 Å². The molecule has 0 atom stereocenters. The van der Waals surface area contributed by atoms with Crippen LogP contribution in [0, 0.1) is 0 Å². The van der Waals surface area contributed by atoms with E-state index >= 15 is 0 Å². The summed E-state index contributed by atoms with van der Waals surface area (Å²) in [5.41, 5.74) is 2.47. The molecule has 35 heavy (non-hydrogen) atoms. The molecule has 0 bridgehead atoms. The van der Waals surface area contributed by atoms with Crippen LogP contribution in [0.1, 0.15) is 24.6 Å². The first-order chi connectivity index (χ1) is 16.8. The summed E-state index contributed by atoms with van der Waals surface area (Å²) in [6, 6.07) is 15.0. The van der Waals surface area contributed by atoms with Crippen molar-refractivity contribution in [2.24, 2.45) is 4.99 Å². The standard InChI is InChI=1S/C24H27F3N4O3S/c1-2-28-22(32)29-13-6-14-31-20(16-33-15-18-7-4-3-5-8-18)17-35-23(31)30-19-9-11-21(12-10-19)34-24(25,26)27/h3-5,7-12,17H,2,6,13-16H2,1H3,(H2,28,29,32)/b30-23-. The fourth-order valence-electron chi connectivity index (χ4n) is 3.15. The van der Waals surface area contributed by atoms with Gasteiger partial charge in [0.2, 0.25) is 0 Å². The minimum Gasteiger partial charge on any atom is -0.406 e. The summed E-state index contributed by atoms with van der Waals surface area (Å²) < 4.78 is 49.0. The van der Waals surface area contributed by atoms with Gasteiger partial charge in [-0.05, 0) is 43.2 Å². The van der Waals surface area contributed by atoms with Crippen molar-refractivity contribution >= 4 is 23.1 Å². The quantitative estimate of drug-likeness (QED) is 0.354. The number of hydrogen-bond donors (Lipinski definition) is 2. The largest absolute Gasteiger partial charge is 0.573 e. The van der Waals surface area contributed by atoms with Gasteiger partial charge in [-0.1, -0.05) is 30.3 Å². The first-order valence-corrected chi connectivity index (χ1v) is 11.9. The van der Waals surface area contributed by atoms with Crippen molar-refractivity contribution in [3.8, 4) is 5.75 Å². The van der Waals surface area contributed by atoms with Crippen molar-refractivity contribution in [2.75, 3.05) is 13.1 Å². The molecule has 0 fully saturated rings. The number of carbonyl (C=O) groups excluding carboxylic acids is 1. The molecule has 0 radical (unpaired) electrons. The molecular formula is C24H27F3N4O3S. The highest BCUT2D eigenvalue weighted by Gasteiger charge is 2.30. The zero-order valence-corrected chi connectivity index (χ0v) is 20.0. The second kappa shape index (κ2) is 13.0. The fraction of sp³-hybridized carbons (Fsp3) is 0.333. The molecule has 0 saturated heterocycles. The number of benzene rings is 2. The Bertz CT molecular complexity index is 1130. The van der Waals surface area contributed by atoms with E-state index in [0.29, 0.717) is 49.8 Å². The van der Waals surface area contributed by atoms with Crippen LogP contribution in [-0.2, 0) is 24.5 Å². The fourth-order valence-corrected chi connectivity index (χ4v) is 4.08. The maximum atomic E-state index is 12.4. The van der Waals surface area contributed by atoms with E-state index in [1.807, 2.05) is 47.2 Å². The number of ether oxygens (including phenoxy) is 2. The van der Waals surface area contributed by atoms with E-state index in [0.717, 1.165) is 11.3 Å². The monoisotopic (exact) mass is 508 g/mol. The summed E-state index contributed by atoms with van der Waals surface area (Å²) in [4.78, 5) is 16.9. The highest BCUT2D eigenvalue weighted by atomic mass is 32.1. The van der Waals surface area contributed by atoms with Gasteiger partial charge < -0.3 is 24.7 Å². The second-order valence-corrected chi connectivity index (χ2v) is 8.27. The van der Waals surface area contributed by atoms with Gasteiger partial charge in [0.05, 0.1) is 24.6 Å². The number of nitrogens with zero attached hydrogens (tertiary/aromatic N) is 2. The van der Waals surface area contributed by atoms with Crippen LogP contribution >= 0.6 is 11.3 Å². The van der Waals surface area contributed by atoms with Gasteiger partial charge >= 0.3 is 12.4 Å². The number of urea groups is 1. The number of halogens is 3. The Labute approximate surface area is 205 Å². The van der Waals surface area contributed by atoms with E-state index in [1.54, 1.807) is 0 Å². The van der Waals surface area contributed by atoms with E-state index in [4.69, 9.17) is 4.74 Å². The number of thiazole rings is 1. The molecule has 0 saturated carbocycles. The number of alkyl halides is 3. The van der Waals surface area contributed by atoms with E-state index in [2.05, 4.69) is 20.4 Å². The number of hydrogen-bond acceptors (Lipinski definition) is 5. The van der Waals surface area contributed by atoms with Crippen LogP contribution in [0.2, 0.25) is 0 Å². The van der Waals surface area contributed by atoms with E-state index in [-0.39, 0.29) is 11.8 Å². The minimum atomic E-state index is -4.74. The zero-order chi connectivity index (χ0) is 25.1. The molecule has 2 N–H and O–H groups in total. The molecule has 3 aromatic rings. The van der Waals surface area contributed by atoms with Crippen molar-refractivity contribution in [1.82, 2.24) is 15.2 Å². The Morgan fingerprint density at radius 2 is 1.80 bits per heavy atom. The number of rotatable bonds is 11. The average Bonchev–Trinajstić information content (AvgIpc) is 3.19. The van der Waals surface area contributed by atoms with Crippen LogP contribution < -0.4 is 20.2 Å². The van der Waals surface area contributed by atoms with Gasteiger partial charge in [0.1, 0.15) is 5.75 Å². The molecule has 0 aliphatic rings. The van der Waals surface area contributed by atoms with Gasteiger partial charge in [-0.15, -0.1) is 24.5 Å². The summed E-state index contributed by atoms with van der Waals surface area (Å²) >= 11 is 1.41. The Balaban J connectivity index is 1.72. The summed E-state index contributed by atoms with van der Waals surface area (Å²) in [6.45, 7) is 4.27. The van der Waals surface area contributed by atoms with Crippen LogP contribution in [-0.4, -0.2) is 30.1 Å². The van der Waals surface area contributed by atoms with E-state index in [1.165, 1.54) is 35.6 Å². The molecule has 2 aromatic carbocycles. The van der Waals surface area contributed by atoms with Crippen LogP contribution in [0.4, 0.5) is 23.7 Å². The van der Waals surface area contributed by atoms with Crippen LogP contribution in [0.5, 0.6) is 5.75 Å². The smallest absolute Gasteiger partial charge is 0.406 e. The molecule has 3 rings (SSSR count).